The molecule has 1 fully saturated rings. The molecule has 0 radical (unpaired) electrons. The van der Waals surface area contributed by atoms with Crippen LogP contribution < -0.4 is 0 Å². The van der Waals surface area contributed by atoms with Gasteiger partial charge in [-0.1, -0.05) is 0 Å². The molecule has 0 bridgehead atoms. The second kappa shape index (κ2) is 3.94. The molecule has 2 N–H and O–H groups in total. The van der Waals surface area contributed by atoms with Crippen LogP contribution in [0.15, 0.2) is 18.3 Å². The Labute approximate surface area is 82.5 Å². The number of nitrogens with one attached hydrogen (secondary N) is 1. The number of nitrogens with zero attached hydrogens (tertiary/aromatic N) is 1. The van der Waals surface area contributed by atoms with Crippen LogP contribution >= 0.6 is 0 Å². The average molecular weight is 194 g/mol. The summed E-state index contributed by atoms with van der Waals surface area (Å²) in [4.78, 5) is 16.5. The number of carbonyl (C=O) groups excluding carboxylic acids is 1. The Morgan fingerprint density at radius 1 is 1.64 bits per heavy atom. The van der Waals surface area contributed by atoms with Gasteiger partial charge in [0, 0.05) is 31.8 Å². The normalized spacial score (nSPS) is 18.1. The van der Waals surface area contributed by atoms with Gasteiger partial charge in [0.15, 0.2) is 5.78 Å². The Bertz CT molecular complexity index is 302. The monoisotopic (exact) mass is 194 g/mol. The summed E-state index contributed by atoms with van der Waals surface area (Å²) in [6.07, 6.45) is 1.75. The van der Waals surface area contributed by atoms with Gasteiger partial charge in [-0.2, -0.15) is 0 Å². The number of hydrogen-bond acceptors (Lipinski definition) is 3. The van der Waals surface area contributed by atoms with Gasteiger partial charge in [0.1, 0.15) is 0 Å². The highest BCUT2D eigenvalue weighted by Gasteiger charge is 2.27. The molecule has 0 aliphatic carbocycles. The van der Waals surface area contributed by atoms with Gasteiger partial charge < -0.3 is 10.1 Å². The third-order valence-corrected chi connectivity index (χ3v) is 2.56. The standard InChI is InChI=1S/C10H14N2O2/c13-7-8-4-12(5-8)6-10(14)9-2-1-3-11-9/h1-3,8,11,13H,4-7H2. The summed E-state index contributed by atoms with van der Waals surface area (Å²) in [6, 6.07) is 3.60. The fourth-order valence-corrected chi connectivity index (χ4v) is 1.71. The van der Waals surface area contributed by atoms with E-state index in [-0.39, 0.29) is 12.4 Å². The number of aliphatic hydroxyl groups is 1. The second-order valence-corrected chi connectivity index (χ2v) is 3.75. The van der Waals surface area contributed by atoms with E-state index < -0.39 is 0 Å². The molecular weight excluding hydrogens is 180 g/mol. The number of Topliss-reactive ketones (excluding diaryl/α,β-unsaturated/α-hetero) is 1. The van der Waals surface area contributed by atoms with Crippen LogP contribution in [0.1, 0.15) is 10.5 Å². The minimum atomic E-state index is 0.117. The summed E-state index contributed by atoms with van der Waals surface area (Å²) in [7, 11) is 0. The van der Waals surface area contributed by atoms with Crippen LogP contribution in [0.2, 0.25) is 0 Å². The Kier molecular flexibility index (Phi) is 2.65. The highest BCUT2D eigenvalue weighted by atomic mass is 16.3. The summed E-state index contributed by atoms with van der Waals surface area (Å²) in [5.74, 6) is 0.484. The Balaban J connectivity index is 1.80. The number of ketones is 1. The Morgan fingerprint density at radius 3 is 3.00 bits per heavy atom. The second-order valence-electron chi connectivity index (χ2n) is 3.75. The lowest BCUT2D eigenvalue weighted by molar-refractivity contribution is 0.0488. The maximum atomic E-state index is 11.6. The van der Waals surface area contributed by atoms with Crippen molar-refractivity contribution in [3.05, 3.63) is 24.0 Å². The molecule has 0 saturated carbocycles. The molecule has 4 heteroatoms. The van der Waals surface area contributed by atoms with Crippen molar-refractivity contribution in [2.75, 3.05) is 26.2 Å². The maximum absolute atomic E-state index is 11.6. The summed E-state index contributed by atoms with van der Waals surface area (Å²) >= 11 is 0. The van der Waals surface area contributed by atoms with Gasteiger partial charge in [0.05, 0.1) is 12.2 Å². The first kappa shape index (κ1) is 9.43. The molecular formula is C10H14N2O2. The van der Waals surface area contributed by atoms with Crippen LogP contribution in [0.25, 0.3) is 0 Å². The van der Waals surface area contributed by atoms with E-state index in [0.717, 1.165) is 13.1 Å². The minimum Gasteiger partial charge on any atom is -0.396 e. The SMILES string of the molecule is O=C(CN1CC(CO)C1)c1ccc[nH]1. The van der Waals surface area contributed by atoms with Crippen LogP contribution in [-0.2, 0) is 0 Å². The zero-order valence-electron chi connectivity index (χ0n) is 7.94. The van der Waals surface area contributed by atoms with Gasteiger partial charge in [-0.3, -0.25) is 9.69 Å². The molecule has 4 nitrogen and oxygen atoms in total. The van der Waals surface area contributed by atoms with E-state index in [0.29, 0.717) is 18.2 Å². The third kappa shape index (κ3) is 1.86. The predicted octanol–water partition coefficient (Wildman–Crippen LogP) is 0.121. The van der Waals surface area contributed by atoms with Gasteiger partial charge in [-0.15, -0.1) is 0 Å². The smallest absolute Gasteiger partial charge is 0.192 e. The lowest BCUT2D eigenvalue weighted by atomic mass is 10.0. The van der Waals surface area contributed by atoms with Crippen molar-refractivity contribution in [3.63, 3.8) is 0 Å². The molecule has 1 aliphatic heterocycles. The first-order valence-electron chi connectivity index (χ1n) is 4.79. The van der Waals surface area contributed by atoms with Crippen molar-refractivity contribution in [1.82, 2.24) is 9.88 Å². The van der Waals surface area contributed by atoms with Crippen molar-refractivity contribution in [2.24, 2.45) is 5.92 Å². The number of carbonyl (C=O) groups is 1. The summed E-state index contributed by atoms with van der Waals surface area (Å²) in [6.45, 7) is 2.36. The Hall–Kier alpha value is -1.13. The summed E-state index contributed by atoms with van der Waals surface area (Å²) in [5.41, 5.74) is 0.664. The highest BCUT2D eigenvalue weighted by Crippen LogP contribution is 2.14. The van der Waals surface area contributed by atoms with Gasteiger partial charge in [-0.25, -0.2) is 0 Å². The van der Waals surface area contributed by atoms with E-state index in [9.17, 15) is 4.79 Å². The van der Waals surface area contributed by atoms with Gasteiger partial charge in [0.25, 0.3) is 0 Å². The van der Waals surface area contributed by atoms with E-state index >= 15 is 0 Å². The van der Waals surface area contributed by atoms with E-state index in [2.05, 4.69) is 4.98 Å². The predicted molar refractivity (Wildman–Crippen MR) is 52.1 cm³/mol. The lowest BCUT2D eigenvalue weighted by Gasteiger charge is -2.37. The third-order valence-electron chi connectivity index (χ3n) is 2.56. The molecule has 0 unspecified atom stereocenters. The molecule has 2 rings (SSSR count). The van der Waals surface area contributed by atoms with E-state index in [4.69, 9.17) is 5.11 Å². The first-order valence-corrected chi connectivity index (χ1v) is 4.79. The van der Waals surface area contributed by atoms with Crippen LogP contribution in [0, 0.1) is 5.92 Å². The number of H-pyrrole nitrogens is 1. The van der Waals surface area contributed by atoms with E-state index in [1.54, 1.807) is 12.3 Å². The summed E-state index contributed by atoms with van der Waals surface area (Å²) in [5, 5.41) is 8.80. The van der Waals surface area contributed by atoms with Crippen LogP contribution in [0.3, 0.4) is 0 Å². The Morgan fingerprint density at radius 2 is 2.43 bits per heavy atom. The quantitative estimate of drug-likeness (QED) is 0.669. The average Bonchev–Trinajstić information content (AvgIpc) is 2.62. The molecule has 0 amide bonds. The molecule has 14 heavy (non-hydrogen) atoms. The van der Waals surface area contributed by atoms with E-state index in [1.165, 1.54) is 0 Å². The lowest BCUT2D eigenvalue weighted by Crippen LogP contribution is -2.50. The summed E-state index contributed by atoms with van der Waals surface area (Å²) < 4.78 is 0. The molecule has 1 aromatic heterocycles. The van der Waals surface area contributed by atoms with Gasteiger partial charge >= 0.3 is 0 Å². The van der Waals surface area contributed by atoms with Crippen molar-refractivity contribution in [2.45, 2.75) is 0 Å². The topological polar surface area (TPSA) is 56.3 Å². The number of hydrogen-bond donors (Lipinski definition) is 2. The van der Waals surface area contributed by atoms with Crippen molar-refractivity contribution in [1.29, 1.82) is 0 Å². The van der Waals surface area contributed by atoms with Gasteiger partial charge in [0.2, 0.25) is 0 Å². The fourth-order valence-electron chi connectivity index (χ4n) is 1.71. The fraction of sp³-hybridized carbons (Fsp3) is 0.500. The maximum Gasteiger partial charge on any atom is 0.192 e. The minimum absolute atomic E-state index is 0.117. The van der Waals surface area contributed by atoms with Crippen LogP contribution in [0.4, 0.5) is 0 Å². The largest absolute Gasteiger partial charge is 0.396 e. The van der Waals surface area contributed by atoms with Crippen molar-refractivity contribution < 1.29 is 9.90 Å². The highest BCUT2D eigenvalue weighted by molar-refractivity contribution is 5.95. The molecule has 0 aromatic carbocycles. The molecule has 1 aromatic rings. The zero-order chi connectivity index (χ0) is 9.97. The van der Waals surface area contributed by atoms with E-state index in [1.807, 2.05) is 11.0 Å². The molecule has 76 valence electrons. The van der Waals surface area contributed by atoms with Crippen LogP contribution in [-0.4, -0.2) is 47.0 Å². The number of aliphatic hydroxyl groups excluding tert-OH is 1. The first-order chi connectivity index (χ1) is 6.79. The molecule has 1 aliphatic rings. The van der Waals surface area contributed by atoms with Crippen LogP contribution in [0.5, 0.6) is 0 Å². The van der Waals surface area contributed by atoms with Crippen molar-refractivity contribution >= 4 is 5.78 Å². The number of aromatic amines is 1. The number of likely N-dealkylation sites (tertiary alicyclic amines) is 1. The number of rotatable bonds is 4. The molecule has 2 heterocycles. The zero-order valence-corrected chi connectivity index (χ0v) is 7.94. The molecule has 1 saturated heterocycles. The molecule has 0 atom stereocenters. The number of aromatic nitrogens is 1. The van der Waals surface area contributed by atoms with Crippen molar-refractivity contribution in [3.8, 4) is 0 Å². The molecule has 0 spiro atoms. The van der Waals surface area contributed by atoms with Gasteiger partial charge in [-0.05, 0) is 12.1 Å².